The highest BCUT2D eigenvalue weighted by molar-refractivity contribution is 6.36. The average Bonchev–Trinajstić information content (AvgIpc) is 2.47. The number of halogens is 2. The van der Waals surface area contributed by atoms with Crippen molar-refractivity contribution in [1.29, 1.82) is 0 Å². The quantitative estimate of drug-likeness (QED) is 0.664. The van der Waals surface area contributed by atoms with E-state index in [1.165, 1.54) is 6.07 Å². The third-order valence-electron chi connectivity index (χ3n) is 3.26. The van der Waals surface area contributed by atoms with Crippen LogP contribution >= 0.6 is 23.2 Å². The smallest absolute Gasteiger partial charge is 0.339 e. The van der Waals surface area contributed by atoms with Gasteiger partial charge in [0, 0.05) is 10.6 Å². The van der Waals surface area contributed by atoms with E-state index in [2.05, 4.69) is 4.98 Å². The summed E-state index contributed by atoms with van der Waals surface area (Å²) in [4.78, 5) is 16.3. The van der Waals surface area contributed by atoms with E-state index < -0.39 is 5.63 Å². The zero-order valence-electron chi connectivity index (χ0n) is 11.6. The van der Waals surface area contributed by atoms with Crippen LogP contribution in [0.3, 0.4) is 0 Å². The summed E-state index contributed by atoms with van der Waals surface area (Å²) in [5.41, 5.74) is 2.50. The molecule has 0 saturated carbocycles. The van der Waals surface area contributed by atoms with Crippen LogP contribution in [0.15, 0.2) is 57.7 Å². The van der Waals surface area contributed by atoms with Gasteiger partial charge in [0.25, 0.3) is 0 Å². The molecule has 0 atom stereocenters. The Kier molecular flexibility index (Phi) is 4.01. The van der Waals surface area contributed by atoms with Gasteiger partial charge in [-0.1, -0.05) is 47.5 Å². The van der Waals surface area contributed by atoms with Crippen LogP contribution in [0.25, 0.3) is 22.7 Å². The molecule has 3 rings (SSSR count). The maximum Gasteiger partial charge on any atom is 0.339 e. The summed E-state index contributed by atoms with van der Waals surface area (Å²) in [5.74, 6) is 0.174. The van der Waals surface area contributed by atoms with E-state index in [4.69, 9.17) is 27.6 Å². The molecule has 0 aliphatic heterocycles. The second-order valence-corrected chi connectivity index (χ2v) is 5.65. The molecule has 0 aliphatic carbocycles. The van der Waals surface area contributed by atoms with Crippen LogP contribution in [0.1, 0.15) is 5.56 Å². The van der Waals surface area contributed by atoms with Gasteiger partial charge in [-0.05, 0) is 30.7 Å². The lowest BCUT2D eigenvalue weighted by atomic mass is 10.1. The predicted octanol–water partition coefficient (Wildman–Crippen LogP) is 4.98. The van der Waals surface area contributed by atoms with Crippen LogP contribution in [0.5, 0.6) is 0 Å². The average molecular weight is 332 g/mol. The Labute approximate surface area is 137 Å². The Morgan fingerprint density at radius 2 is 1.77 bits per heavy atom. The van der Waals surface area contributed by atoms with Crippen molar-refractivity contribution < 1.29 is 4.42 Å². The lowest BCUT2D eigenvalue weighted by Gasteiger charge is -2.07. The fraction of sp³-hybridized carbons (Fsp3) is 0.0588. The monoisotopic (exact) mass is 331 g/mol. The van der Waals surface area contributed by atoms with E-state index in [-0.39, 0.29) is 5.89 Å². The van der Waals surface area contributed by atoms with Crippen molar-refractivity contribution in [3.05, 3.63) is 74.6 Å². The zero-order valence-corrected chi connectivity index (χ0v) is 13.2. The summed E-state index contributed by atoms with van der Waals surface area (Å²) >= 11 is 12.0. The Morgan fingerprint density at radius 1 is 1.00 bits per heavy atom. The van der Waals surface area contributed by atoms with Gasteiger partial charge >= 0.3 is 5.63 Å². The van der Waals surface area contributed by atoms with E-state index in [9.17, 15) is 4.79 Å². The molecule has 1 aromatic heterocycles. The van der Waals surface area contributed by atoms with Crippen molar-refractivity contribution in [3.8, 4) is 22.7 Å². The molecule has 0 amide bonds. The molecule has 0 bridgehead atoms. The van der Waals surface area contributed by atoms with Crippen molar-refractivity contribution in [2.24, 2.45) is 0 Å². The molecule has 0 aliphatic rings. The Hall–Kier alpha value is -2.10. The molecule has 0 unspecified atom stereocenters. The minimum atomic E-state index is -0.478. The van der Waals surface area contributed by atoms with Gasteiger partial charge in [-0.25, -0.2) is 9.78 Å². The Balaban J connectivity index is 2.19. The van der Waals surface area contributed by atoms with Gasteiger partial charge in [-0.15, -0.1) is 0 Å². The summed E-state index contributed by atoms with van der Waals surface area (Å²) in [6, 6.07) is 14.0. The molecule has 0 saturated heterocycles. The summed E-state index contributed by atoms with van der Waals surface area (Å²) < 4.78 is 5.19. The number of hydrogen-bond donors (Lipinski definition) is 0. The second-order valence-electron chi connectivity index (χ2n) is 4.81. The zero-order chi connectivity index (χ0) is 15.7. The number of nitrogens with zero attached hydrogens (tertiary/aromatic N) is 1. The van der Waals surface area contributed by atoms with Crippen molar-refractivity contribution in [1.82, 2.24) is 4.98 Å². The van der Waals surface area contributed by atoms with E-state index in [0.717, 1.165) is 11.1 Å². The van der Waals surface area contributed by atoms with Crippen LogP contribution in [0.2, 0.25) is 10.0 Å². The number of aryl methyl sites for hydroxylation is 1. The number of benzene rings is 2. The molecule has 0 radical (unpaired) electrons. The molecule has 5 heteroatoms. The molecular weight excluding hydrogens is 321 g/mol. The van der Waals surface area contributed by atoms with Gasteiger partial charge in [0.1, 0.15) is 0 Å². The van der Waals surface area contributed by atoms with Gasteiger partial charge in [0.2, 0.25) is 5.89 Å². The van der Waals surface area contributed by atoms with Gasteiger partial charge in [0.05, 0.1) is 22.3 Å². The normalized spacial score (nSPS) is 10.7. The van der Waals surface area contributed by atoms with Crippen LogP contribution in [0, 0.1) is 6.92 Å². The van der Waals surface area contributed by atoms with Crippen LogP contribution in [0.4, 0.5) is 0 Å². The number of hydrogen-bond acceptors (Lipinski definition) is 3. The fourth-order valence-corrected chi connectivity index (χ4v) is 2.67. The highest BCUT2D eigenvalue weighted by Gasteiger charge is 2.12. The molecule has 22 heavy (non-hydrogen) atoms. The summed E-state index contributed by atoms with van der Waals surface area (Å²) in [6.07, 6.45) is 0. The van der Waals surface area contributed by atoms with Gasteiger partial charge in [-0.2, -0.15) is 0 Å². The molecule has 110 valence electrons. The van der Waals surface area contributed by atoms with Crippen LogP contribution in [-0.4, -0.2) is 4.98 Å². The van der Waals surface area contributed by atoms with Crippen molar-refractivity contribution in [2.45, 2.75) is 6.92 Å². The molecule has 0 fully saturated rings. The minimum absolute atomic E-state index is 0.174. The first kappa shape index (κ1) is 14.8. The molecular formula is C17H11Cl2NO2. The van der Waals surface area contributed by atoms with E-state index in [0.29, 0.717) is 21.3 Å². The first-order valence-corrected chi connectivity index (χ1v) is 7.34. The molecule has 1 heterocycles. The third kappa shape index (κ3) is 2.91. The topological polar surface area (TPSA) is 43.1 Å². The summed E-state index contributed by atoms with van der Waals surface area (Å²) in [6.45, 7) is 1.96. The summed E-state index contributed by atoms with van der Waals surface area (Å²) in [5, 5.41) is 0.885. The number of aromatic nitrogens is 1. The second kappa shape index (κ2) is 5.95. The van der Waals surface area contributed by atoms with E-state index >= 15 is 0 Å². The maximum atomic E-state index is 11.9. The van der Waals surface area contributed by atoms with Crippen molar-refractivity contribution in [3.63, 3.8) is 0 Å². The van der Waals surface area contributed by atoms with E-state index in [1.807, 2.05) is 31.2 Å². The lowest BCUT2D eigenvalue weighted by Crippen LogP contribution is -2.02. The summed E-state index contributed by atoms with van der Waals surface area (Å²) in [7, 11) is 0. The predicted molar refractivity (Wildman–Crippen MR) is 88.4 cm³/mol. The van der Waals surface area contributed by atoms with Gasteiger partial charge in [0.15, 0.2) is 0 Å². The SMILES string of the molecule is Cc1ccccc1-c1cc(=O)oc(-c2ccc(Cl)cc2Cl)n1. The van der Waals surface area contributed by atoms with Crippen molar-refractivity contribution in [2.75, 3.05) is 0 Å². The Bertz CT molecular complexity index is 903. The van der Waals surface area contributed by atoms with Crippen LogP contribution in [-0.2, 0) is 0 Å². The van der Waals surface area contributed by atoms with Crippen LogP contribution < -0.4 is 5.63 Å². The minimum Gasteiger partial charge on any atom is -0.403 e. The largest absolute Gasteiger partial charge is 0.403 e. The molecule has 3 nitrogen and oxygen atoms in total. The first-order chi connectivity index (χ1) is 10.5. The molecule has 3 aromatic rings. The first-order valence-electron chi connectivity index (χ1n) is 6.58. The van der Waals surface area contributed by atoms with Gasteiger partial charge < -0.3 is 4.42 Å². The lowest BCUT2D eigenvalue weighted by molar-refractivity contribution is 0.508. The Morgan fingerprint density at radius 3 is 2.50 bits per heavy atom. The fourth-order valence-electron chi connectivity index (χ4n) is 2.18. The van der Waals surface area contributed by atoms with E-state index in [1.54, 1.807) is 18.2 Å². The maximum absolute atomic E-state index is 11.9. The number of rotatable bonds is 2. The standard InChI is InChI=1S/C17H11Cl2NO2/c1-10-4-2-3-5-12(10)15-9-16(21)22-17(20-15)13-7-6-11(18)8-14(13)19/h2-9H,1H3. The third-order valence-corrected chi connectivity index (χ3v) is 3.80. The molecule has 0 spiro atoms. The van der Waals surface area contributed by atoms with Crippen molar-refractivity contribution >= 4 is 23.2 Å². The van der Waals surface area contributed by atoms with Gasteiger partial charge in [-0.3, -0.25) is 0 Å². The molecule has 0 N–H and O–H groups in total. The highest BCUT2D eigenvalue weighted by Crippen LogP contribution is 2.30. The highest BCUT2D eigenvalue weighted by atomic mass is 35.5. The molecule has 2 aromatic carbocycles.